The minimum Gasteiger partial charge on any atom is -0.298 e. The summed E-state index contributed by atoms with van der Waals surface area (Å²) in [4.78, 5) is 11.9. The lowest BCUT2D eigenvalue weighted by molar-refractivity contribution is -0.118. The van der Waals surface area contributed by atoms with Crippen molar-refractivity contribution in [2.45, 2.75) is 49.7 Å². The molecule has 0 N–H and O–H groups in total. The zero-order chi connectivity index (χ0) is 13.3. The van der Waals surface area contributed by atoms with Crippen molar-refractivity contribution in [1.29, 1.82) is 0 Å². The second-order valence-electron chi connectivity index (χ2n) is 4.79. The minimum absolute atomic E-state index is 0.226. The number of benzene rings is 1. The first-order chi connectivity index (χ1) is 8.46. The van der Waals surface area contributed by atoms with Gasteiger partial charge in [-0.25, -0.2) is 8.42 Å². The third-order valence-corrected chi connectivity index (χ3v) is 5.77. The first-order valence-electron chi connectivity index (χ1n) is 6.35. The van der Waals surface area contributed by atoms with Gasteiger partial charge in [-0.3, -0.25) is 4.79 Å². The van der Waals surface area contributed by atoms with Gasteiger partial charge in [-0.15, -0.1) is 0 Å². The molecule has 4 heteroatoms. The topological polar surface area (TPSA) is 51.2 Å². The molecule has 1 aliphatic rings. The van der Waals surface area contributed by atoms with E-state index in [1.54, 1.807) is 19.1 Å². The maximum atomic E-state index is 12.3. The Morgan fingerprint density at radius 3 is 2.61 bits per heavy atom. The van der Waals surface area contributed by atoms with Gasteiger partial charge in [0.1, 0.15) is 5.25 Å². The fraction of sp³-hybridized carbons (Fsp3) is 0.500. The van der Waals surface area contributed by atoms with Crippen LogP contribution < -0.4 is 0 Å². The molecule has 0 saturated heterocycles. The summed E-state index contributed by atoms with van der Waals surface area (Å²) in [7, 11) is -3.52. The zero-order valence-corrected chi connectivity index (χ0v) is 11.6. The molecule has 0 bridgehead atoms. The van der Waals surface area contributed by atoms with Crippen molar-refractivity contribution < 1.29 is 13.2 Å². The summed E-state index contributed by atoms with van der Waals surface area (Å²) in [6.45, 7) is 3.17. The van der Waals surface area contributed by atoms with Crippen molar-refractivity contribution >= 4 is 15.6 Å². The van der Waals surface area contributed by atoms with Crippen LogP contribution in [0.4, 0.5) is 0 Å². The Morgan fingerprint density at radius 1 is 1.28 bits per heavy atom. The van der Waals surface area contributed by atoms with E-state index >= 15 is 0 Å². The van der Waals surface area contributed by atoms with Gasteiger partial charge in [0, 0.05) is 6.42 Å². The molecule has 3 nitrogen and oxygen atoms in total. The van der Waals surface area contributed by atoms with Crippen molar-refractivity contribution in [3.8, 4) is 0 Å². The van der Waals surface area contributed by atoms with Crippen molar-refractivity contribution in [3.05, 3.63) is 29.3 Å². The Hall–Kier alpha value is -1.16. The first-order valence-corrected chi connectivity index (χ1v) is 7.90. The van der Waals surface area contributed by atoms with E-state index < -0.39 is 15.1 Å². The summed E-state index contributed by atoms with van der Waals surface area (Å²) in [5.41, 5.74) is 2.36. The van der Waals surface area contributed by atoms with E-state index in [1.807, 2.05) is 6.07 Å². The highest BCUT2D eigenvalue weighted by Gasteiger charge is 2.29. The Labute approximate surface area is 108 Å². The number of sulfone groups is 1. The summed E-state index contributed by atoms with van der Waals surface area (Å²) >= 11 is 0. The number of hydrogen-bond donors (Lipinski definition) is 0. The van der Waals surface area contributed by atoms with E-state index in [-0.39, 0.29) is 17.1 Å². The molecule has 1 unspecified atom stereocenters. The van der Waals surface area contributed by atoms with Crippen molar-refractivity contribution in [1.82, 2.24) is 0 Å². The number of aryl methyl sites for hydroxylation is 2. The van der Waals surface area contributed by atoms with E-state index in [2.05, 4.69) is 0 Å². The quantitative estimate of drug-likeness (QED) is 0.840. The van der Waals surface area contributed by atoms with Gasteiger partial charge in [-0.1, -0.05) is 13.0 Å². The molecule has 0 radical (unpaired) electrons. The van der Waals surface area contributed by atoms with Crippen LogP contribution in [-0.2, 0) is 27.5 Å². The lowest BCUT2D eigenvalue weighted by Crippen LogP contribution is -2.26. The molecule has 1 atom stereocenters. The molecule has 98 valence electrons. The van der Waals surface area contributed by atoms with Crippen molar-refractivity contribution in [3.63, 3.8) is 0 Å². The highest BCUT2D eigenvalue weighted by Crippen LogP contribution is 2.26. The minimum atomic E-state index is -3.52. The smallest absolute Gasteiger partial charge is 0.188 e. The summed E-state index contributed by atoms with van der Waals surface area (Å²) in [5.74, 6) is -0.226. The molecule has 18 heavy (non-hydrogen) atoms. The fourth-order valence-corrected chi connectivity index (χ4v) is 3.88. The van der Waals surface area contributed by atoms with E-state index in [1.165, 1.54) is 12.5 Å². The van der Waals surface area contributed by atoms with Gasteiger partial charge in [0.25, 0.3) is 0 Å². The van der Waals surface area contributed by atoms with Gasteiger partial charge in [-0.05, 0) is 49.4 Å². The predicted molar refractivity (Wildman–Crippen MR) is 70.4 cm³/mol. The van der Waals surface area contributed by atoms with Crippen LogP contribution in [0.3, 0.4) is 0 Å². The second kappa shape index (κ2) is 4.84. The van der Waals surface area contributed by atoms with E-state index in [9.17, 15) is 13.2 Å². The average molecular weight is 266 g/mol. The molecule has 0 aliphatic heterocycles. The molecular weight excluding hydrogens is 248 g/mol. The van der Waals surface area contributed by atoms with Gasteiger partial charge >= 0.3 is 0 Å². The van der Waals surface area contributed by atoms with E-state index in [0.717, 1.165) is 24.8 Å². The Morgan fingerprint density at radius 2 is 1.94 bits per heavy atom. The molecule has 2 rings (SSSR count). The molecular formula is C14H18O3S. The molecule has 0 fully saturated rings. The lowest BCUT2D eigenvalue weighted by atomic mass is 10.1. The van der Waals surface area contributed by atoms with Crippen LogP contribution in [0, 0.1) is 0 Å². The standard InChI is InChI=1S/C14H18O3S/c1-3-14(15)10(2)18(16,17)13-8-7-11-5-4-6-12(11)9-13/h7-10H,3-6H2,1-2H3. The number of fused-ring (bicyclic) bond motifs is 1. The van der Waals surface area contributed by atoms with E-state index in [0.29, 0.717) is 0 Å². The van der Waals surface area contributed by atoms with Gasteiger partial charge in [0.05, 0.1) is 4.90 Å². The SMILES string of the molecule is CCC(=O)C(C)S(=O)(=O)c1ccc2c(c1)CCC2. The maximum Gasteiger partial charge on any atom is 0.188 e. The van der Waals surface area contributed by atoms with Crippen LogP contribution in [0.1, 0.15) is 37.8 Å². The third kappa shape index (κ3) is 2.21. The third-order valence-electron chi connectivity index (χ3n) is 3.67. The summed E-state index contributed by atoms with van der Waals surface area (Å²) in [6.07, 6.45) is 3.31. The molecule has 0 saturated carbocycles. The number of hydrogen-bond acceptors (Lipinski definition) is 3. The van der Waals surface area contributed by atoms with Gasteiger partial charge in [-0.2, -0.15) is 0 Å². The fourth-order valence-electron chi connectivity index (χ4n) is 2.39. The molecule has 0 heterocycles. The monoisotopic (exact) mass is 266 g/mol. The Balaban J connectivity index is 2.39. The van der Waals surface area contributed by atoms with Gasteiger partial charge < -0.3 is 0 Å². The maximum absolute atomic E-state index is 12.3. The lowest BCUT2D eigenvalue weighted by Gasteiger charge is -2.12. The summed E-state index contributed by atoms with van der Waals surface area (Å²) in [5, 5.41) is -0.943. The van der Waals surface area contributed by atoms with Crippen LogP contribution in [-0.4, -0.2) is 19.5 Å². The molecule has 0 aromatic heterocycles. The first kappa shape index (κ1) is 13.3. The molecule has 1 aromatic carbocycles. The van der Waals surface area contributed by atoms with Crippen LogP contribution >= 0.6 is 0 Å². The van der Waals surface area contributed by atoms with Crippen LogP contribution in [0.25, 0.3) is 0 Å². The van der Waals surface area contributed by atoms with Gasteiger partial charge in [0.15, 0.2) is 15.6 Å². The summed E-state index contributed by atoms with van der Waals surface area (Å²) < 4.78 is 24.6. The van der Waals surface area contributed by atoms with E-state index in [4.69, 9.17) is 0 Å². The second-order valence-corrected chi connectivity index (χ2v) is 7.06. The van der Waals surface area contributed by atoms with Crippen molar-refractivity contribution in [2.75, 3.05) is 0 Å². The normalized spacial score (nSPS) is 16.3. The van der Waals surface area contributed by atoms with Crippen LogP contribution in [0.2, 0.25) is 0 Å². The highest BCUT2D eigenvalue weighted by molar-refractivity contribution is 7.92. The van der Waals surface area contributed by atoms with Gasteiger partial charge in [0.2, 0.25) is 0 Å². The highest BCUT2D eigenvalue weighted by atomic mass is 32.2. The summed E-state index contributed by atoms with van der Waals surface area (Å²) in [6, 6.07) is 5.27. The number of rotatable bonds is 4. The zero-order valence-electron chi connectivity index (χ0n) is 10.8. The Kier molecular flexibility index (Phi) is 3.57. The molecule has 0 spiro atoms. The van der Waals surface area contributed by atoms with Crippen LogP contribution in [0.15, 0.2) is 23.1 Å². The Bertz CT molecular complexity index is 573. The number of carbonyl (C=O) groups excluding carboxylic acids is 1. The molecule has 1 aliphatic carbocycles. The van der Waals surface area contributed by atoms with Crippen LogP contribution in [0.5, 0.6) is 0 Å². The number of ketones is 1. The van der Waals surface area contributed by atoms with Crippen molar-refractivity contribution in [2.24, 2.45) is 0 Å². The largest absolute Gasteiger partial charge is 0.298 e. The average Bonchev–Trinajstić information content (AvgIpc) is 2.83. The predicted octanol–water partition coefficient (Wildman–Crippen LogP) is 2.32. The molecule has 1 aromatic rings. The number of carbonyl (C=O) groups is 1. The molecule has 0 amide bonds. The number of Topliss-reactive ketones (excluding diaryl/α,β-unsaturated/α-hetero) is 1.